The van der Waals surface area contributed by atoms with Crippen molar-refractivity contribution in [2.75, 3.05) is 26.2 Å². The molecule has 0 spiro atoms. The van der Waals surface area contributed by atoms with Crippen LogP contribution in [0.25, 0.3) is 0 Å². The van der Waals surface area contributed by atoms with Crippen molar-refractivity contribution in [3.8, 4) is 0 Å². The van der Waals surface area contributed by atoms with Gasteiger partial charge in [0.25, 0.3) is 0 Å². The molecular weight excluding hydrogens is 384 g/mol. The standard InChI is InChI=1S/C19H24N2O4S2/c1-15-4-7-18(8-5-15)26(22,23)20-10-12-21(13-11-20)27(24,25)19-9-6-16(2)14-17(19)3/h4-9,14H,10-13H2,1-3H3. The second kappa shape index (κ2) is 7.35. The van der Waals surface area contributed by atoms with E-state index in [0.717, 1.165) is 11.1 Å². The molecule has 0 saturated carbocycles. The van der Waals surface area contributed by atoms with Crippen molar-refractivity contribution in [2.45, 2.75) is 30.6 Å². The maximum absolute atomic E-state index is 12.9. The first-order valence-electron chi connectivity index (χ1n) is 8.76. The van der Waals surface area contributed by atoms with Gasteiger partial charge >= 0.3 is 0 Å². The van der Waals surface area contributed by atoms with Crippen molar-refractivity contribution in [3.05, 3.63) is 59.2 Å². The molecule has 0 bridgehead atoms. The summed E-state index contributed by atoms with van der Waals surface area (Å²) in [7, 11) is -7.25. The Labute approximate surface area is 161 Å². The fourth-order valence-electron chi connectivity index (χ4n) is 3.24. The molecule has 0 N–H and O–H groups in total. The molecule has 1 aliphatic heterocycles. The van der Waals surface area contributed by atoms with E-state index in [1.165, 1.54) is 8.61 Å². The predicted octanol–water partition coefficient (Wildman–Crippen LogP) is 2.31. The second-order valence-electron chi connectivity index (χ2n) is 6.89. The van der Waals surface area contributed by atoms with E-state index in [0.29, 0.717) is 5.56 Å². The Morgan fingerprint density at radius 3 is 1.67 bits per heavy atom. The van der Waals surface area contributed by atoms with E-state index in [2.05, 4.69) is 0 Å². The third kappa shape index (κ3) is 3.94. The van der Waals surface area contributed by atoms with Crippen LogP contribution in [-0.4, -0.2) is 51.6 Å². The lowest BCUT2D eigenvalue weighted by molar-refractivity contribution is 0.272. The molecule has 2 aromatic rings. The summed E-state index contributed by atoms with van der Waals surface area (Å²) in [5.41, 5.74) is 2.68. The largest absolute Gasteiger partial charge is 0.243 e. The highest BCUT2D eigenvalue weighted by Gasteiger charge is 2.34. The topological polar surface area (TPSA) is 74.8 Å². The molecule has 2 aromatic carbocycles. The van der Waals surface area contributed by atoms with E-state index >= 15 is 0 Å². The zero-order valence-corrected chi connectivity index (χ0v) is 17.3. The number of rotatable bonds is 4. The first kappa shape index (κ1) is 20.0. The lowest BCUT2D eigenvalue weighted by Gasteiger charge is -2.33. The molecule has 0 amide bonds. The van der Waals surface area contributed by atoms with E-state index in [-0.39, 0.29) is 36.0 Å². The highest BCUT2D eigenvalue weighted by Crippen LogP contribution is 2.24. The maximum Gasteiger partial charge on any atom is 0.243 e. The molecule has 3 rings (SSSR count). The summed E-state index contributed by atoms with van der Waals surface area (Å²) in [5.74, 6) is 0. The summed E-state index contributed by atoms with van der Waals surface area (Å²) in [5, 5.41) is 0. The number of benzene rings is 2. The minimum absolute atomic E-state index is 0.139. The summed E-state index contributed by atoms with van der Waals surface area (Å²) in [4.78, 5) is 0.515. The number of sulfonamides is 2. The Balaban J connectivity index is 1.77. The van der Waals surface area contributed by atoms with Crippen molar-refractivity contribution < 1.29 is 16.8 Å². The predicted molar refractivity (Wildman–Crippen MR) is 105 cm³/mol. The Bertz CT molecular complexity index is 1040. The average Bonchev–Trinajstić information content (AvgIpc) is 2.62. The molecule has 27 heavy (non-hydrogen) atoms. The summed E-state index contributed by atoms with van der Waals surface area (Å²) in [6.45, 7) is 6.14. The summed E-state index contributed by atoms with van der Waals surface area (Å²) < 4.78 is 54.2. The van der Waals surface area contributed by atoms with Crippen LogP contribution in [0.4, 0.5) is 0 Å². The smallest absolute Gasteiger partial charge is 0.207 e. The molecule has 1 saturated heterocycles. The van der Waals surface area contributed by atoms with Crippen LogP contribution in [0.1, 0.15) is 16.7 Å². The van der Waals surface area contributed by atoms with Crippen molar-refractivity contribution in [1.82, 2.24) is 8.61 Å². The normalized spacial score (nSPS) is 17.1. The minimum Gasteiger partial charge on any atom is -0.207 e. The number of hydrogen-bond donors (Lipinski definition) is 0. The third-order valence-corrected chi connectivity index (χ3v) is 8.78. The van der Waals surface area contributed by atoms with E-state index in [9.17, 15) is 16.8 Å². The van der Waals surface area contributed by atoms with Crippen molar-refractivity contribution in [1.29, 1.82) is 0 Å². The summed E-state index contributed by atoms with van der Waals surface area (Å²) in [6, 6.07) is 11.9. The molecule has 1 aliphatic rings. The highest BCUT2D eigenvalue weighted by atomic mass is 32.2. The van der Waals surface area contributed by atoms with Crippen LogP contribution in [0.5, 0.6) is 0 Å². The van der Waals surface area contributed by atoms with Gasteiger partial charge in [0, 0.05) is 26.2 Å². The molecule has 0 aliphatic carbocycles. The molecule has 0 atom stereocenters. The van der Waals surface area contributed by atoms with Crippen LogP contribution in [0, 0.1) is 20.8 Å². The van der Waals surface area contributed by atoms with E-state index < -0.39 is 20.0 Å². The van der Waals surface area contributed by atoms with E-state index in [1.54, 1.807) is 43.3 Å². The molecule has 8 heteroatoms. The highest BCUT2D eigenvalue weighted by molar-refractivity contribution is 7.89. The number of aryl methyl sites for hydroxylation is 3. The quantitative estimate of drug-likeness (QED) is 0.778. The van der Waals surface area contributed by atoms with Gasteiger partial charge in [-0.1, -0.05) is 35.4 Å². The zero-order chi connectivity index (χ0) is 19.8. The van der Waals surface area contributed by atoms with E-state index in [1.807, 2.05) is 19.9 Å². The van der Waals surface area contributed by atoms with Gasteiger partial charge < -0.3 is 0 Å². The van der Waals surface area contributed by atoms with Gasteiger partial charge in [-0.3, -0.25) is 0 Å². The molecule has 6 nitrogen and oxygen atoms in total. The molecule has 0 unspecified atom stereocenters. The van der Waals surface area contributed by atoms with Crippen LogP contribution in [0.3, 0.4) is 0 Å². The summed E-state index contributed by atoms with van der Waals surface area (Å²) >= 11 is 0. The Morgan fingerprint density at radius 2 is 1.15 bits per heavy atom. The van der Waals surface area contributed by atoms with Crippen molar-refractivity contribution in [3.63, 3.8) is 0 Å². The van der Waals surface area contributed by atoms with Crippen LogP contribution < -0.4 is 0 Å². The van der Waals surface area contributed by atoms with Gasteiger partial charge in [-0.15, -0.1) is 0 Å². The van der Waals surface area contributed by atoms with Gasteiger partial charge in [-0.25, -0.2) is 16.8 Å². The number of piperazine rings is 1. The third-order valence-electron chi connectivity index (χ3n) is 4.80. The van der Waals surface area contributed by atoms with Crippen LogP contribution in [0.15, 0.2) is 52.3 Å². The SMILES string of the molecule is Cc1ccc(S(=O)(=O)N2CCN(S(=O)(=O)c3ccc(C)cc3C)CC2)cc1. The monoisotopic (exact) mass is 408 g/mol. The van der Waals surface area contributed by atoms with Crippen LogP contribution >= 0.6 is 0 Å². The van der Waals surface area contributed by atoms with Gasteiger partial charge in [-0.2, -0.15) is 8.61 Å². The maximum atomic E-state index is 12.9. The molecule has 146 valence electrons. The number of hydrogen-bond acceptors (Lipinski definition) is 4. The van der Waals surface area contributed by atoms with Gasteiger partial charge in [0.1, 0.15) is 0 Å². The first-order chi connectivity index (χ1) is 12.6. The van der Waals surface area contributed by atoms with Gasteiger partial charge in [-0.05, 0) is 44.5 Å². The second-order valence-corrected chi connectivity index (χ2v) is 10.7. The first-order valence-corrected chi connectivity index (χ1v) is 11.6. The number of nitrogens with zero attached hydrogens (tertiary/aromatic N) is 2. The van der Waals surface area contributed by atoms with Gasteiger partial charge in [0.15, 0.2) is 0 Å². The fraction of sp³-hybridized carbons (Fsp3) is 0.368. The lowest BCUT2D eigenvalue weighted by atomic mass is 10.2. The lowest BCUT2D eigenvalue weighted by Crippen LogP contribution is -2.50. The Hall–Kier alpha value is -1.74. The zero-order valence-electron chi connectivity index (χ0n) is 15.7. The van der Waals surface area contributed by atoms with Gasteiger partial charge in [0.2, 0.25) is 20.0 Å². The minimum atomic E-state index is -3.64. The van der Waals surface area contributed by atoms with Crippen LogP contribution in [-0.2, 0) is 20.0 Å². The molecule has 0 radical (unpaired) electrons. The molecular formula is C19H24N2O4S2. The van der Waals surface area contributed by atoms with E-state index in [4.69, 9.17) is 0 Å². The van der Waals surface area contributed by atoms with Crippen LogP contribution in [0.2, 0.25) is 0 Å². The van der Waals surface area contributed by atoms with Crippen molar-refractivity contribution in [2.24, 2.45) is 0 Å². The Kier molecular flexibility index (Phi) is 5.45. The fourth-order valence-corrected chi connectivity index (χ4v) is 6.29. The van der Waals surface area contributed by atoms with Gasteiger partial charge in [0.05, 0.1) is 9.79 Å². The molecule has 0 aromatic heterocycles. The van der Waals surface area contributed by atoms with Crippen molar-refractivity contribution >= 4 is 20.0 Å². The molecule has 1 heterocycles. The average molecular weight is 409 g/mol. The molecule has 1 fully saturated rings. The summed E-state index contributed by atoms with van der Waals surface area (Å²) in [6.07, 6.45) is 0. The Morgan fingerprint density at radius 1 is 0.667 bits per heavy atom.